The zero-order valence-corrected chi connectivity index (χ0v) is 25.2. The maximum absolute atomic E-state index is 3.94. The topological polar surface area (TPSA) is 36.1 Å². The second-order valence-electron chi connectivity index (χ2n) is 13.4. The van der Waals surface area contributed by atoms with Crippen LogP contribution in [0.2, 0.25) is 0 Å². The first-order chi connectivity index (χ1) is 21.0. The Kier molecular flexibility index (Phi) is 6.71. The molecule has 1 aliphatic heterocycles. The van der Waals surface area contributed by atoms with E-state index < -0.39 is 0 Å². The molecule has 1 saturated heterocycles. The Labute approximate surface area is 256 Å². The molecule has 3 heteroatoms. The Morgan fingerprint density at radius 3 is 2.23 bits per heavy atom. The Bertz CT molecular complexity index is 1700. The summed E-state index contributed by atoms with van der Waals surface area (Å²) in [6.07, 6.45) is 21.6. The SMILES string of the molecule is CC1(C)c2ccccc2-c2ccc(C3NC(C4=CCC(C5C=CC6=C(C=CCC6)C5)C=C4)NC(c4ccccc4)N3)cc21. The average molecular weight is 564 g/mol. The molecule has 3 N–H and O–H groups in total. The highest BCUT2D eigenvalue weighted by atomic mass is 15.4. The fourth-order valence-corrected chi connectivity index (χ4v) is 7.93. The summed E-state index contributed by atoms with van der Waals surface area (Å²) in [5, 5.41) is 11.7. The third-order valence-electron chi connectivity index (χ3n) is 10.4. The van der Waals surface area contributed by atoms with Crippen molar-refractivity contribution in [3.63, 3.8) is 0 Å². The molecule has 3 aromatic rings. The normalized spacial score (nSPS) is 28.7. The zero-order chi connectivity index (χ0) is 29.0. The fraction of sp³-hybridized carbons (Fsp3) is 0.300. The molecule has 216 valence electrons. The molecule has 1 fully saturated rings. The van der Waals surface area contributed by atoms with Crippen LogP contribution >= 0.6 is 0 Å². The van der Waals surface area contributed by atoms with Gasteiger partial charge < -0.3 is 0 Å². The smallest absolute Gasteiger partial charge is 0.0864 e. The molecule has 5 aliphatic rings. The summed E-state index contributed by atoms with van der Waals surface area (Å²) in [6.45, 7) is 4.72. The molecule has 1 heterocycles. The summed E-state index contributed by atoms with van der Waals surface area (Å²) in [7, 11) is 0. The summed E-state index contributed by atoms with van der Waals surface area (Å²) in [5.74, 6) is 1.13. The lowest BCUT2D eigenvalue weighted by atomic mass is 9.76. The van der Waals surface area contributed by atoms with Crippen LogP contribution in [0.4, 0.5) is 0 Å². The van der Waals surface area contributed by atoms with Gasteiger partial charge in [0.25, 0.3) is 0 Å². The van der Waals surface area contributed by atoms with Gasteiger partial charge in [-0.05, 0) is 87.6 Å². The predicted octanol–water partition coefficient (Wildman–Crippen LogP) is 8.52. The van der Waals surface area contributed by atoms with Gasteiger partial charge >= 0.3 is 0 Å². The van der Waals surface area contributed by atoms with Crippen molar-refractivity contribution in [2.24, 2.45) is 11.8 Å². The molecule has 8 rings (SSSR count). The van der Waals surface area contributed by atoms with Crippen molar-refractivity contribution in [3.8, 4) is 11.1 Å². The van der Waals surface area contributed by atoms with Crippen LogP contribution in [0, 0.1) is 11.8 Å². The van der Waals surface area contributed by atoms with Crippen molar-refractivity contribution in [2.45, 2.75) is 63.4 Å². The molecule has 5 atom stereocenters. The van der Waals surface area contributed by atoms with E-state index in [1.807, 2.05) is 0 Å². The van der Waals surface area contributed by atoms with E-state index in [4.69, 9.17) is 0 Å². The Balaban J connectivity index is 1.06. The summed E-state index contributed by atoms with van der Waals surface area (Å²) >= 11 is 0. The zero-order valence-electron chi connectivity index (χ0n) is 25.2. The van der Waals surface area contributed by atoms with Crippen LogP contribution in [0.25, 0.3) is 11.1 Å². The van der Waals surface area contributed by atoms with Gasteiger partial charge in [-0.2, -0.15) is 0 Å². The molecule has 0 bridgehead atoms. The van der Waals surface area contributed by atoms with E-state index in [1.165, 1.54) is 58.2 Å². The first kappa shape index (κ1) is 26.8. The van der Waals surface area contributed by atoms with Gasteiger partial charge in [-0.15, -0.1) is 0 Å². The Hall–Kier alpha value is -3.76. The largest absolute Gasteiger partial charge is 0.279 e. The van der Waals surface area contributed by atoms with Gasteiger partial charge in [-0.1, -0.05) is 129 Å². The molecule has 0 amide bonds. The minimum Gasteiger partial charge on any atom is -0.279 e. The van der Waals surface area contributed by atoms with E-state index in [-0.39, 0.29) is 23.9 Å². The maximum Gasteiger partial charge on any atom is 0.0864 e. The third-order valence-corrected chi connectivity index (χ3v) is 10.4. The van der Waals surface area contributed by atoms with Crippen LogP contribution in [0.5, 0.6) is 0 Å². The van der Waals surface area contributed by atoms with Crippen molar-refractivity contribution >= 4 is 0 Å². The molecule has 4 aliphatic carbocycles. The summed E-state index contributed by atoms with van der Waals surface area (Å²) in [5.41, 5.74) is 12.5. The van der Waals surface area contributed by atoms with E-state index in [9.17, 15) is 0 Å². The van der Waals surface area contributed by atoms with Crippen LogP contribution in [-0.4, -0.2) is 6.17 Å². The molecular formula is C40H41N3. The van der Waals surface area contributed by atoms with E-state index in [0.29, 0.717) is 11.8 Å². The Morgan fingerprint density at radius 1 is 0.651 bits per heavy atom. The first-order valence-electron chi connectivity index (χ1n) is 16.1. The van der Waals surface area contributed by atoms with Crippen molar-refractivity contribution in [1.82, 2.24) is 16.0 Å². The molecule has 43 heavy (non-hydrogen) atoms. The lowest BCUT2D eigenvalue weighted by Gasteiger charge is -2.41. The molecule has 5 unspecified atom stereocenters. The standard InChI is InChI=1S/C40H41N3/c1-40(2)35-15-9-8-14-33(35)34-23-22-32(25-36(34)40)39-42-37(28-11-4-3-5-12-28)41-38(43-39)29-19-16-27(17-20-29)31-21-18-26-10-6-7-13-30(26)24-31/h3-5,7-9,11-16,18-23,25,27,31,37-39,41-43H,6,10,17,24H2,1-2H3. The molecule has 0 radical (unpaired) electrons. The quantitative estimate of drug-likeness (QED) is 0.298. The van der Waals surface area contributed by atoms with Gasteiger partial charge in [0.15, 0.2) is 0 Å². The van der Waals surface area contributed by atoms with Crippen molar-refractivity contribution in [2.75, 3.05) is 0 Å². The van der Waals surface area contributed by atoms with Gasteiger partial charge in [0.05, 0.1) is 18.5 Å². The van der Waals surface area contributed by atoms with Crippen molar-refractivity contribution in [1.29, 1.82) is 0 Å². The minimum atomic E-state index is -0.0193. The van der Waals surface area contributed by atoms with E-state index >= 15 is 0 Å². The average Bonchev–Trinajstić information content (AvgIpc) is 3.30. The molecule has 3 nitrogen and oxygen atoms in total. The number of benzene rings is 3. The lowest BCUT2D eigenvalue weighted by molar-refractivity contribution is 0.223. The summed E-state index contributed by atoms with van der Waals surface area (Å²) in [6, 6.07) is 26.7. The van der Waals surface area contributed by atoms with Crippen LogP contribution in [0.15, 0.2) is 132 Å². The third kappa shape index (κ3) is 4.80. The number of rotatable bonds is 4. The van der Waals surface area contributed by atoms with E-state index in [1.54, 1.807) is 11.1 Å². The Morgan fingerprint density at radius 2 is 1.40 bits per heavy atom. The number of nitrogens with one attached hydrogen (secondary N) is 3. The fourth-order valence-electron chi connectivity index (χ4n) is 7.93. The first-order valence-corrected chi connectivity index (χ1v) is 16.1. The van der Waals surface area contributed by atoms with Gasteiger partial charge in [-0.3, -0.25) is 16.0 Å². The maximum atomic E-state index is 3.94. The monoisotopic (exact) mass is 563 g/mol. The van der Waals surface area contributed by atoms with Gasteiger partial charge in [0.1, 0.15) is 0 Å². The second-order valence-corrected chi connectivity index (χ2v) is 13.4. The molecule has 3 aromatic carbocycles. The highest BCUT2D eigenvalue weighted by Crippen LogP contribution is 2.49. The highest BCUT2D eigenvalue weighted by molar-refractivity contribution is 5.81. The number of hydrogen-bond acceptors (Lipinski definition) is 3. The number of allylic oxidation sites excluding steroid dienone is 8. The second kappa shape index (κ2) is 10.7. The van der Waals surface area contributed by atoms with Gasteiger partial charge in [0, 0.05) is 5.41 Å². The lowest BCUT2D eigenvalue weighted by Crippen LogP contribution is -2.59. The van der Waals surface area contributed by atoms with E-state index in [0.717, 1.165) is 6.42 Å². The predicted molar refractivity (Wildman–Crippen MR) is 177 cm³/mol. The minimum absolute atomic E-state index is 0.0121. The summed E-state index contributed by atoms with van der Waals surface area (Å²) < 4.78 is 0. The molecule has 0 spiro atoms. The van der Waals surface area contributed by atoms with Crippen molar-refractivity contribution in [3.05, 3.63) is 154 Å². The highest BCUT2D eigenvalue weighted by Gasteiger charge is 2.37. The van der Waals surface area contributed by atoms with Crippen LogP contribution in [-0.2, 0) is 5.41 Å². The van der Waals surface area contributed by atoms with Crippen LogP contribution < -0.4 is 16.0 Å². The van der Waals surface area contributed by atoms with Crippen LogP contribution in [0.1, 0.15) is 74.1 Å². The van der Waals surface area contributed by atoms with Crippen LogP contribution in [0.3, 0.4) is 0 Å². The number of fused-ring (bicyclic) bond motifs is 3. The molecule has 0 aromatic heterocycles. The van der Waals surface area contributed by atoms with Gasteiger partial charge in [-0.25, -0.2) is 0 Å². The molecular weight excluding hydrogens is 522 g/mol. The summed E-state index contributed by atoms with van der Waals surface area (Å²) in [4.78, 5) is 0. The van der Waals surface area contributed by atoms with Crippen molar-refractivity contribution < 1.29 is 0 Å². The van der Waals surface area contributed by atoms with Gasteiger partial charge in [0.2, 0.25) is 0 Å². The molecule has 0 saturated carbocycles. The van der Waals surface area contributed by atoms with E-state index in [2.05, 4.69) is 145 Å². The number of hydrogen-bond donors (Lipinski definition) is 3.